The predicted octanol–water partition coefficient (Wildman–Crippen LogP) is 3.91. The Morgan fingerprint density at radius 1 is 1.23 bits per heavy atom. The molecule has 0 saturated carbocycles. The Balaban J connectivity index is 0.00000117. The van der Waals surface area contributed by atoms with E-state index in [1.807, 2.05) is 55.5 Å². The van der Waals surface area contributed by atoms with Gasteiger partial charge in [-0.2, -0.15) is 17.7 Å². The van der Waals surface area contributed by atoms with E-state index in [2.05, 4.69) is 17.7 Å². The second-order valence-corrected chi connectivity index (χ2v) is 5.72. The summed E-state index contributed by atoms with van der Waals surface area (Å²) in [6.07, 6.45) is 2.75. The smallest absolute Gasteiger partial charge is 0.242 e. The number of thiol groups is 1. The van der Waals surface area contributed by atoms with E-state index in [0.717, 1.165) is 22.6 Å². The van der Waals surface area contributed by atoms with Gasteiger partial charge in [0.25, 0.3) is 0 Å². The molecule has 0 spiro atoms. The number of hydrogen-bond donors (Lipinski definition) is 2. The molecule has 26 heavy (non-hydrogen) atoms. The highest BCUT2D eigenvalue weighted by atomic mass is 32.1. The molecule has 0 bridgehead atoms. The average Bonchev–Trinajstić information content (AvgIpc) is 3.14. The van der Waals surface area contributed by atoms with Crippen molar-refractivity contribution in [3.63, 3.8) is 0 Å². The number of rotatable bonds is 4. The van der Waals surface area contributed by atoms with E-state index in [-0.39, 0.29) is 11.9 Å². The lowest BCUT2D eigenvalue weighted by Gasteiger charge is -2.23. The van der Waals surface area contributed by atoms with Crippen molar-refractivity contribution in [3.8, 4) is 5.75 Å². The van der Waals surface area contributed by atoms with Crippen LogP contribution in [-0.2, 0) is 4.79 Å². The molecule has 1 aliphatic heterocycles. The highest BCUT2D eigenvalue weighted by Gasteiger charge is 2.33. The Labute approximate surface area is 160 Å². The minimum Gasteiger partial charge on any atom is -0.496 e. The number of nitrogens with two attached hydrogens (primary N) is 1. The fourth-order valence-corrected chi connectivity index (χ4v) is 2.94. The van der Waals surface area contributed by atoms with Gasteiger partial charge in [-0.15, -0.1) is 0 Å². The summed E-state index contributed by atoms with van der Waals surface area (Å²) >= 11 is 3.53. The van der Waals surface area contributed by atoms with Gasteiger partial charge >= 0.3 is 0 Å². The number of anilines is 1. The van der Waals surface area contributed by atoms with Gasteiger partial charge in [0.2, 0.25) is 5.91 Å². The molecule has 1 atom stereocenters. The van der Waals surface area contributed by atoms with Gasteiger partial charge in [-0.1, -0.05) is 37.3 Å². The summed E-state index contributed by atoms with van der Waals surface area (Å²) < 4.78 is 5.47. The number of nitrogens with zero attached hydrogens (tertiary/aromatic N) is 2. The number of hydrogen-bond acceptors (Lipinski definition) is 5. The van der Waals surface area contributed by atoms with Crippen molar-refractivity contribution in [3.05, 3.63) is 59.7 Å². The predicted molar refractivity (Wildman–Crippen MR) is 110 cm³/mol. The van der Waals surface area contributed by atoms with Gasteiger partial charge in [-0.3, -0.25) is 4.79 Å². The molecule has 1 heterocycles. The van der Waals surface area contributed by atoms with E-state index in [4.69, 9.17) is 10.5 Å². The van der Waals surface area contributed by atoms with Crippen molar-refractivity contribution in [2.45, 2.75) is 25.8 Å². The third kappa shape index (κ3) is 4.19. The molecule has 3 rings (SSSR count). The molecule has 2 N–H and O–H groups in total. The molecule has 0 aromatic heterocycles. The number of methoxy groups -OCH3 is 1. The lowest BCUT2D eigenvalue weighted by molar-refractivity contribution is -0.132. The first-order valence-corrected chi connectivity index (χ1v) is 9.36. The van der Waals surface area contributed by atoms with E-state index in [1.54, 1.807) is 18.4 Å². The molecule has 1 unspecified atom stereocenters. The number of amides is 1. The topological polar surface area (TPSA) is 67.9 Å². The van der Waals surface area contributed by atoms with Crippen molar-refractivity contribution in [2.24, 2.45) is 5.10 Å². The van der Waals surface area contributed by atoms with Crippen molar-refractivity contribution in [1.82, 2.24) is 5.01 Å². The van der Waals surface area contributed by atoms with E-state index in [9.17, 15) is 4.79 Å². The molecule has 0 aliphatic carbocycles. The highest BCUT2D eigenvalue weighted by molar-refractivity contribution is 7.79. The van der Waals surface area contributed by atoms with Crippen LogP contribution in [0.2, 0.25) is 0 Å². The summed E-state index contributed by atoms with van der Waals surface area (Å²) in [6, 6.07) is 15.2. The third-order valence-electron chi connectivity index (χ3n) is 4.21. The second-order valence-electron chi connectivity index (χ2n) is 5.72. The molecule has 1 amide bonds. The Kier molecular flexibility index (Phi) is 7.09. The zero-order chi connectivity index (χ0) is 19.1. The number of hydrazone groups is 1. The van der Waals surface area contributed by atoms with E-state index in [1.165, 1.54) is 0 Å². The SMILES string of the molecule is CCC(=O)N1N=C(c2ccc(N)cc2)CC1c1ccccc1OC.CS. The molecule has 2 aromatic carbocycles. The first-order chi connectivity index (χ1) is 12.6. The van der Waals surface area contributed by atoms with Crippen molar-refractivity contribution in [1.29, 1.82) is 0 Å². The monoisotopic (exact) mass is 371 g/mol. The minimum atomic E-state index is -0.152. The van der Waals surface area contributed by atoms with Crippen LogP contribution in [0.5, 0.6) is 5.75 Å². The largest absolute Gasteiger partial charge is 0.496 e. The van der Waals surface area contributed by atoms with E-state index in [0.29, 0.717) is 18.5 Å². The number of ether oxygens (including phenoxy) is 1. The Hall–Kier alpha value is -2.47. The van der Waals surface area contributed by atoms with Crippen molar-refractivity contribution < 1.29 is 9.53 Å². The zero-order valence-electron chi connectivity index (χ0n) is 15.3. The summed E-state index contributed by atoms with van der Waals surface area (Å²) in [6.45, 7) is 1.85. The number of carbonyl (C=O) groups excluding carboxylic acids is 1. The molecule has 6 heteroatoms. The number of nitrogen functional groups attached to an aromatic ring is 1. The Morgan fingerprint density at radius 2 is 1.88 bits per heavy atom. The maximum Gasteiger partial charge on any atom is 0.242 e. The molecule has 2 aromatic rings. The van der Waals surface area contributed by atoms with Crippen LogP contribution >= 0.6 is 12.6 Å². The first kappa shape index (κ1) is 19.8. The van der Waals surface area contributed by atoms with E-state index >= 15 is 0 Å². The van der Waals surface area contributed by atoms with Crippen LogP contribution in [0.4, 0.5) is 5.69 Å². The Morgan fingerprint density at radius 3 is 2.50 bits per heavy atom. The maximum atomic E-state index is 12.4. The summed E-state index contributed by atoms with van der Waals surface area (Å²) in [7, 11) is 1.64. The minimum absolute atomic E-state index is 0.00338. The lowest BCUT2D eigenvalue weighted by Crippen LogP contribution is -2.26. The van der Waals surface area contributed by atoms with Crippen LogP contribution in [-0.4, -0.2) is 30.0 Å². The quantitative estimate of drug-likeness (QED) is 0.632. The summed E-state index contributed by atoms with van der Waals surface area (Å²) in [5, 5.41) is 6.18. The van der Waals surface area contributed by atoms with Gasteiger partial charge in [0.1, 0.15) is 5.75 Å². The van der Waals surface area contributed by atoms with Crippen LogP contribution in [0.1, 0.15) is 36.9 Å². The highest BCUT2D eigenvalue weighted by Crippen LogP contribution is 2.37. The van der Waals surface area contributed by atoms with Crippen LogP contribution in [0.3, 0.4) is 0 Å². The molecular weight excluding hydrogens is 346 g/mol. The molecular formula is C20H25N3O2S. The zero-order valence-corrected chi connectivity index (χ0v) is 16.2. The van der Waals surface area contributed by atoms with Gasteiger partial charge < -0.3 is 10.5 Å². The Bertz CT molecular complexity index is 775. The summed E-state index contributed by atoms with van der Waals surface area (Å²) in [4.78, 5) is 12.4. The number of benzene rings is 2. The summed E-state index contributed by atoms with van der Waals surface area (Å²) in [5.74, 6) is 0.765. The maximum absolute atomic E-state index is 12.4. The van der Waals surface area contributed by atoms with Crippen LogP contribution in [0.25, 0.3) is 0 Å². The van der Waals surface area contributed by atoms with Gasteiger partial charge in [0.15, 0.2) is 0 Å². The number of carbonyl (C=O) groups is 1. The molecule has 138 valence electrons. The second kappa shape index (κ2) is 9.29. The fraction of sp³-hybridized carbons (Fsp3) is 0.300. The molecule has 0 fully saturated rings. The third-order valence-corrected chi connectivity index (χ3v) is 4.21. The van der Waals surface area contributed by atoms with Crippen LogP contribution < -0.4 is 10.5 Å². The lowest BCUT2D eigenvalue weighted by atomic mass is 9.97. The van der Waals surface area contributed by atoms with Gasteiger partial charge in [-0.25, -0.2) is 5.01 Å². The van der Waals surface area contributed by atoms with Gasteiger partial charge in [0, 0.05) is 24.1 Å². The molecule has 5 nitrogen and oxygen atoms in total. The van der Waals surface area contributed by atoms with Gasteiger partial charge in [0.05, 0.1) is 18.9 Å². The first-order valence-electron chi connectivity index (χ1n) is 8.47. The van der Waals surface area contributed by atoms with E-state index < -0.39 is 0 Å². The fourth-order valence-electron chi connectivity index (χ4n) is 2.94. The van der Waals surface area contributed by atoms with Crippen molar-refractivity contribution >= 4 is 29.9 Å². The molecule has 0 radical (unpaired) electrons. The van der Waals surface area contributed by atoms with Crippen molar-refractivity contribution in [2.75, 3.05) is 19.1 Å². The standard InChI is InChI=1S/C19H21N3O2.CH4S/c1-3-19(23)22-17(15-6-4-5-7-18(15)24-2)12-16(21-22)13-8-10-14(20)11-9-13;1-2/h4-11,17H,3,12,20H2,1-2H3;2H,1H3. The molecule has 0 saturated heterocycles. The molecule has 1 aliphatic rings. The normalized spacial score (nSPS) is 15.8. The average molecular weight is 372 g/mol. The van der Waals surface area contributed by atoms with Gasteiger partial charge in [-0.05, 0) is 30.0 Å². The number of para-hydroxylation sites is 1. The van der Waals surface area contributed by atoms with Crippen LogP contribution in [0.15, 0.2) is 53.6 Å². The summed E-state index contributed by atoms with van der Waals surface area (Å²) in [5.41, 5.74) is 9.30. The van der Waals surface area contributed by atoms with Crippen LogP contribution in [0, 0.1) is 0 Å².